The van der Waals surface area contributed by atoms with Crippen LogP contribution < -0.4 is 5.73 Å². The summed E-state index contributed by atoms with van der Waals surface area (Å²) in [7, 11) is 0. The third kappa shape index (κ3) is 6.05. The summed E-state index contributed by atoms with van der Waals surface area (Å²) in [6, 6.07) is 4.77. The minimum absolute atomic E-state index is 0.0838. The van der Waals surface area contributed by atoms with Crippen molar-refractivity contribution in [2.24, 2.45) is 10.7 Å². The van der Waals surface area contributed by atoms with E-state index >= 15 is 0 Å². The summed E-state index contributed by atoms with van der Waals surface area (Å²) in [5, 5.41) is 0. The maximum atomic E-state index is 13.7. The molecule has 3 nitrogen and oxygen atoms in total. The summed E-state index contributed by atoms with van der Waals surface area (Å²) in [4.78, 5) is 7.05. The van der Waals surface area contributed by atoms with Crippen molar-refractivity contribution in [1.29, 1.82) is 0 Å². The fourth-order valence-electron chi connectivity index (χ4n) is 2.75. The van der Waals surface area contributed by atoms with E-state index in [1.54, 1.807) is 12.1 Å². The first-order valence-corrected chi connectivity index (χ1v) is 8.41. The molecule has 0 radical (unpaired) electrons. The maximum Gasteiger partial charge on any atom is 0.123 e. The zero-order valence-electron chi connectivity index (χ0n) is 14.9. The van der Waals surface area contributed by atoms with Gasteiger partial charge in [0.15, 0.2) is 0 Å². The van der Waals surface area contributed by atoms with Crippen LogP contribution in [0, 0.1) is 5.82 Å². The molecule has 0 aromatic heterocycles. The van der Waals surface area contributed by atoms with E-state index in [4.69, 9.17) is 10.7 Å². The highest BCUT2D eigenvalue weighted by Gasteiger charge is 2.13. The van der Waals surface area contributed by atoms with E-state index in [-0.39, 0.29) is 11.7 Å². The van der Waals surface area contributed by atoms with Crippen molar-refractivity contribution in [3.05, 3.63) is 41.9 Å². The predicted octanol–water partition coefficient (Wildman–Crippen LogP) is 4.96. The Morgan fingerprint density at radius 1 is 1.30 bits per heavy atom. The van der Waals surface area contributed by atoms with Crippen molar-refractivity contribution in [2.45, 2.75) is 52.9 Å². The van der Waals surface area contributed by atoms with Crippen LogP contribution in [0.2, 0.25) is 0 Å². The minimum atomic E-state index is -0.245. The first-order valence-electron chi connectivity index (χ1n) is 8.41. The highest BCUT2D eigenvalue weighted by Crippen LogP contribution is 2.31. The Kier molecular flexibility index (Phi) is 7.79. The third-order valence-electron chi connectivity index (χ3n) is 3.82. The van der Waals surface area contributed by atoms with Crippen LogP contribution in [0.25, 0.3) is 0 Å². The van der Waals surface area contributed by atoms with E-state index in [1.807, 2.05) is 13.8 Å². The second-order valence-corrected chi connectivity index (χ2v) is 6.11. The molecule has 0 heterocycles. The number of rotatable bonds is 8. The topological polar surface area (TPSA) is 41.6 Å². The Morgan fingerprint density at radius 3 is 2.43 bits per heavy atom. The summed E-state index contributed by atoms with van der Waals surface area (Å²) in [5.41, 5.74) is 8.01. The van der Waals surface area contributed by atoms with Gasteiger partial charge < -0.3 is 10.6 Å². The van der Waals surface area contributed by atoms with Crippen LogP contribution >= 0.6 is 0 Å². The van der Waals surface area contributed by atoms with E-state index in [9.17, 15) is 4.39 Å². The molecule has 0 bridgehead atoms. The quantitative estimate of drug-likeness (QED) is 0.543. The lowest BCUT2D eigenvalue weighted by atomic mass is 9.95. The molecule has 1 aromatic rings. The second-order valence-electron chi connectivity index (χ2n) is 6.11. The number of halogens is 1. The lowest BCUT2D eigenvalue weighted by Gasteiger charge is -2.24. The van der Waals surface area contributed by atoms with Gasteiger partial charge in [0.1, 0.15) is 11.7 Å². The standard InChI is InChI=1S/C19H30FN3/c1-6-10-23(11-7-2)16(5)22-19-9-8-17(20)13-18(19)14(3)12-15(4)21/h8-9,13-14H,4,6-7,10-12,21H2,1-3,5H3/b22-16+. The molecule has 1 rings (SSSR count). The SMILES string of the molecule is C=C(N)CC(C)c1cc(F)ccc1/N=C(\C)N(CCC)CCC. The molecular formula is C19H30FN3. The number of hydrogen-bond acceptors (Lipinski definition) is 2. The molecule has 0 aliphatic carbocycles. The Morgan fingerprint density at radius 2 is 1.91 bits per heavy atom. The molecule has 1 aromatic carbocycles. The largest absolute Gasteiger partial charge is 0.402 e. The molecule has 0 aliphatic heterocycles. The average Bonchev–Trinajstić information content (AvgIpc) is 2.48. The minimum Gasteiger partial charge on any atom is -0.402 e. The summed E-state index contributed by atoms with van der Waals surface area (Å²) in [6.07, 6.45) is 2.78. The van der Waals surface area contributed by atoms with Crippen LogP contribution in [-0.4, -0.2) is 23.8 Å². The molecule has 2 N–H and O–H groups in total. The van der Waals surface area contributed by atoms with Crippen LogP contribution in [-0.2, 0) is 0 Å². The van der Waals surface area contributed by atoms with Crippen LogP contribution in [0.15, 0.2) is 35.5 Å². The van der Waals surface area contributed by atoms with Gasteiger partial charge in [0.2, 0.25) is 0 Å². The van der Waals surface area contributed by atoms with Gasteiger partial charge in [-0.25, -0.2) is 9.38 Å². The fraction of sp³-hybridized carbons (Fsp3) is 0.526. The van der Waals surface area contributed by atoms with Crippen molar-refractivity contribution >= 4 is 11.5 Å². The molecule has 1 unspecified atom stereocenters. The van der Waals surface area contributed by atoms with Gasteiger partial charge in [0, 0.05) is 18.8 Å². The van der Waals surface area contributed by atoms with Crippen molar-refractivity contribution < 1.29 is 4.39 Å². The van der Waals surface area contributed by atoms with Gasteiger partial charge in [-0.1, -0.05) is 27.4 Å². The van der Waals surface area contributed by atoms with Gasteiger partial charge in [-0.15, -0.1) is 0 Å². The second kappa shape index (κ2) is 9.33. The Hall–Kier alpha value is -1.84. The lowest BCUT2D eigenvalue weighted by Crippen LogP contribution is -2.30. The van der Waals surface area contributed by atoms with E-state index < -0.39 is 0 Å². The van der Waals surface area contributed by atoms with E-state index in [0.717, 1.165) is 43.0 Å². The number of allylic oxidation sites excluding steroid dienone is 1. The molecule has 128 valence electrons. The molecule has 4 heteroatoms. The van der Waals surface area contributed by atoms with Gasteiger partial charge in [0.05, 0.1) is 5.69 Å². The zero-order valence-corrected chi connectivity index (χ0v) is 14.9. The lowest BCUT2D eigenvalue weighted by molar-refractivity contribution is 0.414. The number of nitrogens with two attached hydrogens (primary N) is 1. The summed E-state index contributed by atoms with van der Waals surface area (Å²) < 4.78 is 13.7. The van der Waals surface area contributed by atoms with E-state index in [1.165, 1.54) is 6.07 Å². The summed E-state index contributed by atoms with van der Waals surface area (Å²) in [5.74, 6) is 0.811. The van der Waals surface area contributed by atoms with Crippen molar-refractivity contribution in [1.82, 2.24) is 4.90 Å². The highest BCUT2D eigenvalue weighted by molar-refractivity contribution is 5.83. The molecule has 1 atom stereocenters. The maximum absolute atomic E-state index is 13.7. The van der Waals surface area contributed by atoms with Gasteiger partial charge >= 0.3 is 0 Å². The third-order valence-corrected chi connectivity index (χ3v) is 3.82. The Bertz CT molecular complexity index is 546. The van der Waals surface area contributed by atoms with Crippen LogP contribution in [0.1, 0.15) is 58.4 Å². The number of hydrogen-bond donors (Lipinski definition) is 1. The molecule has 23 heavy (non-hydrogen) atoms. The average molecular weight is 319 g/mol. The van der Waals surface area contributed by atoms with Crippen LogP contribution in [0.5, 0.6) is 0 Å². The van der Waals surface area contributed by atoms with Gasteiger partial charge in [-0.3, -0.25) is 0 Å². The summed E-state index contributed by atoms with van der Waals surface area (Å²) >= 11 is 0. The van der Waals surface area contributed by atoms with Crippen molar-refractivity contribution in [3.63, 3.8) is 0 Å². The number of amidine groups is 1. The molecular weight excluding hydrogens is 289 g/mol. The molecule has 0 saturated carbocycles. The molecule has 0 saturated heterocycles. The first kappa shape index (κ1) is 19.2. The molecule has 0 amide bonds. The van der Waals surface area contributed by atoms with Crippen molar-refractivity contribution in [3.8, 4) is 0 Å². The van der Waals surface area contributed by atoms with Gasteiger partial charge in [-0.2, -0.15) is 0 Å². The zero-order chi connectivity index (χ0) is 17.4. The van der Waals surface area contributed by atoms with E-state index in [0.29, 0.717) is 12.1 Å². The molecule has 0 aliphatic rings. The number of benzene rings is 1. The smallest absolute Gasteiger partial charge is 0.123 e. The summed E-state index contributed by atoms with van der Waals surface area (Å²) in [6.45, 7) is 14.1. The first-order chi connectivity index (χ1) is 10.9. The van der Waals surface area contributed by atoms with Gasteiger partial charge in [-0.05, 0) is 55.9 Å². The predicted molar refractivity (Wildman–Crippen MR) is 97.7 cm³/mol. The molecule has 0 fully saturated rings. The van der Waals surface area contributed by atoms with Crippen LogP contribution in [0.3, 0.4) is 0 Å². The van der Waals surface area contributed by atoms with Crippen LogP contribution in [0.4, 0.5) is 10.1 Å². The number of aliphatic imine (C=N–C) groups is 1. The Labute approximate surface area is 140 Å². The van der Waals surface area contributed by atoms with Crippen molar-refractivity contribution in [2.75, 3.05) is 13.1 Å². The van der Waals surface area contributed by atoms with Gasteiger partial charge in [0.25, 0.3) is 0 Å². The fourth-order valence-corrected chi connectivity index (χ4v) is 2.75. The highest BCUT2D eigenvalue weighted by atomic mass is 19.1. The Balaban J connectivity index is 3.15. The normalized spacial score (nSPS) is 13.0. The monoisotopic (exact) mass is 319 g/mol. The van der Waals surface area contributed by atoms with E-state index in [2.05, 4.69) is 25.3 Å². The molecule has 0 spiro atoms. The number of nitrogens with zero attached hydrogens (tertiary/aromatic N) is 2.